The van der Waals surface area contributed by atoms with Crippen molar-refractivity contribution in [3.05, 3.63) is 70.9 Å². The van der Waals surface area contributed by atoms with Gasteiger partial charge in [-0.2, -0.15) is 13.2 Å². The maximum absolute atomic E-state index is 13.7. The summed E-state index contributed by atoms with van der Waals surface area (Å²) in [5, 5.41) is 0.349. The zero-order chi connectivity index (χ0) is 21.2. The van der Waals surface area contributed by atoms with Crippen molar-refractivity contribution in [2.45, 2.75) is 13.1 Å². The van der Waals surface area contributed by atoms with E-state index in [2.05, 4.69) is 0 Å². The summed E-state index contributed by atoms with van der Waals surface area (Å²) in [6, 6.07) is 12.8. The SMILES string of the molecule is CCOC(=O)c1cccc(-n2c(-c3cc(Cl)ccc3OC)ccc2C(F)(F)F)c1. The molecule has 0 spiro atoms. The maximum Gasteiger partial charge on any atom is 0.431 e. The van der Waals surface area contributed by atoms with Gasteiger partial charge in [-0.25, -0.2) is 4.79 Å². The van der Waals surface area contributed by atoms with E-state index in [1.54, 1.807) is 19.1 Å². The van der Waals surface area contributed by atoms with Crippen molar-refractivity contribution in [3.8, 4) is 22.7 Å². The first-order chi connectivity index (χ1) is 13.8. The number of carbonyl (C=O) groups excluding carboxylic acids is 1. The number of hydrogen-bond acceptors (Lipinski definition) is 3. The van der Waals surface area contributed by atoms with Gasteiger partial charge in [-0.1, -0.05) is 17.7 Å². The first kappa shape index (κ1) is 20.8. The van der Waals surface area contributed by atoms with Crippen LogP contribution in [0.3, 0.4) is 0 Å². The summed E-state index contributed by atoms with van der Waals surface area (Å²) in [5.74, 6) is -0.249. The van der Waals surface area contributed by atoms with Crippen molar-refractivity contribution in [3.63, 3.8) is 0 Å². The lowest BCUT2D eigenvalue weighted by molar-refractivity contribution is -0.142. The third-order valence-corrected chi connectivity index (χ3v) is 4.46. The summed E-state index contributed by atoms with van der Waals surface area (Å²) in [6.07, 6.45) is -4.62. The Morgan fingerprint density at radius 3 is 2.52 bits per heavy atom. The van der Waals surface area contributed by atoms with Crippen LogP contribution in [-0.2, 0) is 10.9 Å². The Hall–Kier alpha value is -2.93. The second-order valence-electron chi connectivity index (χ2n) is 6.05. The summed E-state index contributed by atoms with van der Waals surface area (Å²) < 4.78 is 52.5. The van der Waals surface area contributed by atoms with Gasteiger partial charge in [0.2, 0.25) is 0 Å². The lowest BCUT2D eigenvalue weighted by Crippen LogP contribution is -2.14. The number of rotatable bonds is 5. The zero-order valence-electron chi connectivity index (χ0n) is 15.6. The van der Waals surface area contributed by atoms with Crippen molar-refractivity contribution in [1.29, 1.82) is 0 Å². The van der Waals surface area contributed by atoms with Gasteiger partial charge in [0.05, 0.1) is 25.0 Å². The smallest absolute Gasteiger partial charge is 0.431 e. The normalized spacial score (nSPS) is 11.4. The molecule has 29 heavy (non-hydrogen) atoms. The van der Waals surface area contributed by atoms with Crippen LogP contribution < -0.4 is 4.74 Å². The van der Waals surface area contributed by atoms with Crippen LogP contribution in [0.4, 0.5) is 13.2 Å². The lowest BCUT2D eigenvalue weighted by Gasteiger charge is -2.18. The lowest BCUT2D eigenvalue weighted by atomic mass is 10.1. The largest absolute Gasteiger partial charge is 0.496 e. The van der Waals surface area contributed by atoms with E-state index >= 15 is 0 Å². The molecule has 0 aliphatic carbocycles. The number of methoxy groups -OCH3 is 1. The van der Waals surface area contributed by atoms with Gasteiger partial charge >= 0.3 is 12.1 Å². The van der Waals surface area contributed by atoms with Gasteiger partial charge in [-0.05, 0) is 55.5 Å². The maximum atomic E-state index is 13.7. The molecule has 152 valence electrons. The van der Waals surface area contributed by atoms with E-state index in [1.807, 2.05) is 0 Å². The van der Waals surface area contributed by atoms with Crippen molar-refractivity contribution >= 4 is 17.6 Å². The minimum Gasteiger partial charge on any atom is -0.496 e. The molecule has 0 bridgehead atoms. The molecular weight excluding hydrogens is 407 g/mol. The minimum absolute atomic E-state index is 0.148. The van der Waals surface area contributed by atoms with E-state index in [-0.39, 0.29) is 23.6 Å². The number of hydrogen-bond donors (Lipinski definition) is 0. The molecule has 0 atom stereocenters. The highest BCUT2D eigenvalue weighted by Gasteiger charge is 2.36. The molecule has 0 saturated heterocycles. The van der Waals surface area contributed by atoms with E-state index in [0.717, 1.165) is 10.6 Å². The average Bonchev–Trinajstić information content (AvgIpc) is 3.14. The highest BCUT2D eigenvalue weighted by atomic mass is 35.5. The Kier molecular flexibility index (Phi) is 5.88. The summed E-state index contributed by atoms with van der Waals surface area (Å²) in [7, 11) is 1.42. The Morgan fingerprint density at radius 2 is 1.86 bits per heavy atom. The van der Waals surface area contributed by atoms with Crippen LogP contribution in [0.1, 0.15) is 23.0 Å². The molecule has 2 aromatic carbocycles. The fourth-order valence-electron chi connectivity index (χ4n) is 3.01. The quantitative estimate of drug-likeness (QED) is 0.472. The van der Waals surface area contributed by atoms with Gasteiger partial charge in [0.1, 0.15) is 11.4 Å². The molecule has 1 aromatic heterocycles. The Morgan fingerprint density at radius 1 is 1.10 bits per heavy atom. The zero-order valence-corrected chi connectivity index (χ0v) is 16.3. The van der Waals surface area contributed by atoms with Gasteiger partial charge in [-0.15, -0.1) is 0 Å². The molecular formula is C21H17ClF3NO3. The Bertz CT molecular complexity index is 1040. The molecule has 0 radical (unpaired) electrons. The van der Waals surface area contributed by atoms with Crippen LogP contribution in [-0.4, -0.2) is 24.3 Å². The van der Waals surface area contributed by atoms with E-state index < -0.39 is 17.8 Å². The van der Waals surface area contributed by atoms with E-state index in [1.165, 1.54) is 43.5 Å². The van der Waals surface area contributed by atoms with Crippen LogP contribution in [0.25, 0.3) is 16.9 Å². The monoisotopic (exact) mass is 423 g/mol. The molecule has 0 fully saturated rings. The third kappa shape index (κ3) is 4.24. The van der Waals surface area contributed by atoms with E-state index in [4.69, 9.17) is 21.1 Å². The van der Waals surface area contributed by atoms with Crippen LogP contribution in [0.2, 0.25) is 5.02 Å². The van der Waals surface area contributed by atoms with Gasteiger partial charge in [0.25, 0.3) is 0 Å². The molecule has 0 aliphatic heterocycles. The highest BCUT2D eigenvalue weighted by Crippen LogP contribution is 2.40. The van der Waals surface area contributed by atoms with Gasteiger partial charge in [-0.3, -0.25) is 0 Å². The van der Waals surface area contributed by atoms with Crippen LogP contribution in [0.15, 0.2) is 54.6 Å². The van der Waals surface area contributed by atoms with E-state index in [0.29, 0.717) is 16.3 Å². The number of aromatic nitrogens is 1. The minimum atomic E-state index is -4.62. The highest BCUT2D eigenvalue weighted by molar-refractivity contribution is 6.31. The molecule has 8 heteroatoms. The predicted octanol–water partition coefficient (Wildman–Crippen LogP) is 6.00. The van der Waals surface area contributed by atoms with Gasteiger partial charge < -0.3 is 14.0 Å². The van der Waals surface area contributed by atoms with Crippen molar-refractivity contribution in [2.24, 2.45) is 0 Å². The molecule has 1 heterocycles. The molecule has 0 aliphatic rings. The van der Waals surface area contributed by atoms with Crippen LogP contribution >= 0.6 is 11.6 Å². The topological polar surface area (TPSA) is 40.5 Å². The second-order valence-corrected chi connectivity index (χ2v) is 6.49. The van der Waals surface area contributed by atoms with E-state index in [9.17, 15) is 18.0 Å². The van der Waals surface area contributed by atoms with Gasteiger partial charge in [0.15, 0.2) is 0 Å². The number of benzene rings is 2. The fourth-order valence-corrected chi connectivity index (χ4v) is 3.19. The molecule has 4 nitrogen and oxygen atoms in total. The molecule has 0 N–H and O–H groups in total. The molecule has 0 saturated carbocycles. The van der Waals surface area contributed by atoms with Crippen LogP contribution in [0, 0.1) is 0 Å². The summed E-state index contributed by atoms with van der Waals surface area (Å²) >= 11 is 6.07. The van der Waals surface area contributed by atoms with Crippen molar-refractivity contribution in [2.75, 3.05) is 13.7 Å². The van der Waals surface area contributed by atoms with Crippen molar-refractivity contribution in [1.82, 2.24) is 4.57 Å². The number of esters is 1. The number of carbonyl (C=O) groups is 1. The molecule has 3 rings (SSSR count). The summed E-state index contributed by atoms with van der Waals surface area (Å²) in [5.41, 5.74) is 0.0188. The third-order valence-electron chi connectivity index (χ3n) is 4.22. The number of ether oxygens (including phenoxy) is 2. The summed E-state index contributed by atoms with van der Waals surface area (Å²) in [6.45, 7) is 1.81. The average molecular weight is 424 g/mol. The Labute approximate surface area is 170 Å². The number of alkyl halides is 3. The first-order valence-electron chi connectivity index (χ1n) is 8.66. The molecule has 3 aromatic rings. The Balaban J connectivity index is 2.26. The van der Waals surface area contributed by atoms with Crippen molar-refractivity contribution < 1.29 is 27.4 Å². The number of nitrogens with zero attached hydrogens (tertiary/aromatic N) is 1. The second kappa shape index (κ2) is 8.21. The van der Waals surface area contributed by atoms with Gasteiger partial charge in [0, 0.05) is 16.3 Å². The molecule has 0 unspecified atom stereocenters. The fraction of sp³-hybridized carbons (Fsp3) is 0.190. The molecule has 0 amide bonds. The predicted molar refractivity (Wildman–Crippen MR) is 104 cm³/mol. The summed E-state index contributed by atoms with van der Waals surface area (Å²) in [4.78, 5) is 12.1. The first-order valence-corrected chi connectivity index (χ1v) is 9.04. The van der Waals surface area contributed by atoms with Crippen LogP contribution in [0.5, 0.6) is 5.75 Å². The number of halogens is 4. The standard InChI is InChI=1S/C21H17ClF3NO3/c1-3-29-20(27)13-5-4-6-15(11-13)26-17(8-10-19(26)21(23,24)25)16-12-14(22)7-9-18(16)28-2/h4-12H,3H2,1-2H3.